The van der Waals surface area contributed by atoms with Crippen molar-refractivity contribution >= 4 is 27.5 Å². The van der Waals surface area contributed by atoms with Crippen LogP contribution in [0.4, 0.5) is 0 Å². The lowest BCUT2D eigenvalue weighted by atomic mass is 10.5. The minimum atomic E-state index is 0.144. The number of hydrogen-bond donors (Lipinski definition) is 1. The summed E-state index contributed by atoms with van der Waals surface area (Å²) < 4.78 is 0. The Morgan fingerprint density at radius 2 is 2.14 bits per heavy atom. The molecule has 1 N–H and O–H groups in total. The summed E-state index contributed by atoms with van der Waals surface area (Å²) in [7, 11) is 1.86. The topological polar surface area (TPSA) is 12.0 Å². The van der Waals surface area contributed by atoms with Gasteiger partial charge in [-0.3, -0.25) is 0 Å². The second-order valence-corrected chi connectivity index (χ2v) is 3.04. The molecule has 0 bridgehead atoms. The van der Waals surface area contributed by atoms with Gasteiger partial charge in [0.15, 0.2) is 0 Å². The van der Waals surface area contributed by atoms with Crippen molar-refractivity contribution in [2.24, 2.45) is 0 Å². The van der Waals surface area contributed by atoms with Crippen molar-refractivity contribution in [3.8, 4) is 0 Å². The predicted octanol–water partition coefficient (Wildman–Crippen LogP) is 1.55. The monoisotopic (exact) mass is 185 g/mol. The average molecular weight is 186 g/mol. The summed E-state index contributed by atoms with van der Waals surface area (Å²) in [5, 5.41) is 3.09. The van der Waals surface area contributed by atoms with Crippen LogP contribution in [-0.4, -0.2) is 17.4 Å². The molecule has 1 nitrogen and oxygen atoms in total. The minimum Gasteiger partial charge on any atom is -0.307 e. The lowest BCUT2D eigenvalue weighted by Crippen LogP contribution is -2.25. The maximum absolute atomic E-state index is 5.62. The predicted molar refractivity (Wildman–Crippen MR) is 37.1 cm³/mol. The first kappa shape index (κ1) is 7.73. The van der Waals surface area contributed by atoms with E-state index in [1.54, 1.807) is 0 Å². The molecular formula is C4H9BrClN. The Balaban J connectivity index is 3.14. The molecule has 0 aliphatic heterocycles. The number of alkyl halides is 2. The summed E-state index contributed by atoms with van der Waals surface area (Å²) in [4.78, 5) is 0.231. The Hall–Kier alpha value is 0.730. The van der Waals surface area contributed by atoms with E-state index in [-0.39, 0.29) is 10.3 Å². The zero-order chi connectivity index (χ0) is 5.86. The quantitative estimate of drug-likeness (QED) is 0.510. The van der Waals surface area contributed by atoms with Gasteiger partial charge in [-0.05, 0) is 14.0 Å². The van der Waals surface area contributed by atoms with E-state index in [9.17, 15) is 0 Å². The van der Waals surface area contributed by atoms with Crippen LogP contribution in [-0.2, 0) is 0 Å². The van der Waals surface area contributed by atoms with Crippen LogP contribution < -0.4 is 5.32 Å². The summed E-state index contributed by atoms with van der Waals surface area (Å²) in [6.45, 7) is 1.93. The van der Waals surface area contributed by atoms with Crippen LogP contribution in [0.15, 0.2) is 0 Å². The standard InChI is InChI=1S/C4H9BrClN/c1-3(6)4(5)7-2/h3-4,7H,1-2H3/t3?,4-/m0/s1. The first-order valence-corrected chi connectivity index (χ1v) is 3.49. The van der Waals surface area contributed by atoms with E-state index in [0.29, 0.717) is 0 Å². The highest BCUT2D eigenvalue weighted by molar-refractivity contribution is 9.09. The molecular weight excluding hydrogens is 177 g/mol. The lowest BCUT2D eigenvalue weighted by molar-refractivity contribution is 0.737. The van der Waals surface area contributed by atoms with Crippen LogP contribution in [0.2, 0.25) is 0 Å². The molecule has 1 unspecified atom stereocenters. The van der Waals surface area contributed by atoms with Crippen molar-refractivity contribution in [2.75, 3.05) is 7.05 Å². The third-order valence-electron chi connectivity index (χ3n) is 0.679. The molecule has 2 atom stereocenters. The van der Waals surface area contributed by atoms with E-state index in [4.69, 9.17) is 11.6 Å². The molecule has 0 fully saturated rings. The van der Waals surface area contributed by atoms with Gasteiger partial charge in [0.05, 0.1) is 10.3 Å². The van der Waals surface area contributed by atoms with Crippen LogP contribution in [0.5, 0.6) is 0 Å². The molecule has 0 aromatic heterocycles. The Bertz CT molecular complexity index is 49.0. The van der Waals surface area contributed by atoms with E-state index in [1.165, 1.54) is 0 Å². The van der Waals surface area contributed by atoms with Crippen molar-refractivity contribution in [2.45, 2.75) is 17.3 Å². The molecule has 0 saturated carbocycles. The van der Waals surface area contributed by atoms with Crippen LogP contribution >= 0.6 is 27.5 Å². The van der Waals surface area contributed by atoms with Crippen LogP contribution in [0, 0.1) is 0 Å². The lowest BCUT2D eigenvalue weighted by Gasteiger charge is -2.08. The van der Waals surface area contributed by atoms with E-state index in [2.05, 4.69) is 21.2 Å². The van der Waals surface area contributed by atoms with Crippen LogP contribution in [0.3, 0.4) is 0 Å². The van der Waals surface area contributed by atoms with Crippen molar-refractivity contribution in [1.29, 1.82) is 0 Å². The maximum Gasteiger partial charge on any atom is 0.0791 e. The molecule has 44 valence electrons. The summed E-state index contributed by atoms with van der Waals surface area (Å²) in [6, 6.07) is 0. The third kappa shape index (κ3) is 3.32. The van der Waals surface area contributed by atoms with E-state index in [0.717, 1.165) is 0 Å². The van der Waals surface area contributed by atoms with E-state index < -0.39 is 0 Å². The zero-order valence-electron chi connectivity index (χ0n) is 4.41. The summed E-state index contributed by atoms with van der Waals surface area (Å²) in [6.07, 6.45) is 0. The fraction of sp³-hybridized carbons (Fsp3) is 1.00. The second kappa shape index (κ2) is 3.70. The first-order chi connectivity index (χ1) is 3.18. The number of halogens is 2. The molecule has 0 amide bonds. The number of nitrogens with one attached hydrogen (secondary N) is 1. The molecule has 0 aromatic carbocycles. The van der Waals surface area contributed by atoms with Gasteiger partial charge < -0.3 is 5.32 Å². The third-order valence-corrected chi connectivity index (χ3v) is 2.49. The van der Waals surface area contributed by atoms with Gasteiger partial charge in [0.25, 0.3) is 0 Å². The molecule has 0 heterocycles. The molecule has 0 rings (SSSR count). The molecule has 7 heavy (non-hydrogen) atoms. The van der Waals surface area contributed by atoms with Crippen molar-refractivity contribution in [3.63, 3.8) is 0 Å². The minimum absolute atomic E-state index is 0.144. The largest absolute Gasteiger partial charge is 0.307 e. The molecule has 0 aliphatic rings. The van der Waals surface area contributed by atoms with E-state index >= 15 is 0 Å². The highest BCUT2D eigenvalue weighted by atomic mass is 79.9. The Morgan fingerprint density at radius 1 is 1.71 bits per heavy atom. The van der Waals surface area contributed by atoms with Gasteiger partial charge in [0.2, 0.25) is 0 Å². The van der Waals surface area contributed by atoms with Crippen molar-refractivity contribution in [3.05, 3.63) is 0 Å². The zero-order valence-corrected chi connectivity index (χ0v) is 6.75. The maximum atomic E-state index is 5.62. The Kier molecular flexibility index (Phi) is 4.08. The van der Waals surface area contributed by atoms with Gasteiger partial charge in [0.1, 0.15) is 0 Å². The number of rotatable bonds is 2. The fourth-order valence-electron chi connectivity index (χ4n) is 0.230. The van der Waals surface area contributed by atoms with Gasteiger partial charge in [-0.2, -0.15) is 0 Å². The van der Waals surface area contributed by atoms with E-state index in [1.807, 2.05) is 14.0 Å². The Labute approximate surface area is 57.6 Å². The normalized spacial score (nSPS) is 18.9. The van der Waals surface area contributed by atoms with Crippen molar-refractivity contribution < 1.29 is 0 Å². The average Bonchev–Trinajstić information content (AvgIpc) is 1.65. The fourth-order valence-corrected chi connectivity index (χ4v) is 0.356. The van der Waals surface area contributed by atoms with Gasteiger partial charge in [-0.1, -0.05) is 15.9 Å². The molecule has 0 radical (unpaired) electrons. The second-order valence-electron chi connectivity index (χ2n) is 1.37. The van der Waals surface area contributed by atoms with Crippen LogP contribution in [0.25, 0.3) is 0 Å². The molecule has 0 aliphatic carbocycles. The summed E-state index contributed by atoms with van der Waals surface area (Å²) in [5.41, 5.74) is 0. The van der Waals surface area contributed by atoms with Gasteiger partial charge in [-0.15, -0.1) is 11.6 Å². The summed E-state index contributed by atoms with van der Waals surface area (Å²) >= 11 is 8.92. The van der Waals surface area contributed by atoms with Crippen molar-refractivity contribution in [1.82, 2.24) is 5.32 Å². The first-order valence-electron chi connectivity index (χ1n) is 2.14. The van der Waals surface area contributed by atoms with Gasteiger partial charge in [-0.25, -0.2) is 0 Å². The van der Waals surface area contributed by atoms with Crippen LogP contribution in [0.1, 0.15) is 6.92 Å². The molecule has 0 aromatic rings. The Morgan fingerprint density at radius 3 is 2.14 bits per heavy atom. The number of hydrogen-bond acceptors (Lipinski definition) is 1. The molecule has 3 heteroatoms. The summed E-state index contributed by atoms with van der Waals surface area (Å²) in [5.74, 6) is 0. The van der Waals surface area contributed by atoms with Gasteiger partial charge in [0, 0.05) is 0 Å². The SMILES string of the molecule is CN[C@H](Br)C(C)Cl. The molecule has 0 spiro atoms. The van der Waals surface area contributed by atoms with Gasteiger partial charge >= 0.3 is 0 Å². The smallest absolute Gasteiger partial charge is 0.0791 e. The highest BCUT2D eigenvalue weighted by Gasteiger charge is 2.05. The highest BCUT2D eigenvalue weighted by Crippen LogP contribution is 2.06. The molecule has 0 saturated heterocycles.